The largest absolute Gasteiger partial charge is 0.475 e. The fourth-order valence-electron chi connectivity index (χ4n) is 2.17. The number of benzene rings is 1. The zero-order chi connectivity index (χ0) is 16.7. The maximum atomic E-state index is 11.9. The van der Waals surface area contributed by atoms with E-state index >= 15 is 0 Å². The molecule has 0 saturated carbocycles. The minimum atomic E-state index is -1.65. The highest BCUT2D eigenvalue weighted by molar-refractivity contribution is 7.07. The molecule has 0 bridgehead atoms. The van der Waals surface area contributed by atoms with Gasteiger partial charge in [-0.2, -0.15) is 11.3 Å². The molecule has 0 aliphatic carbocycles. The van der Waals surface area contributed by atoms with Crippen molar-refractivity contribution in [3.63, 3.8) is 0 Å². The van der Waals surface area contributed by atoms with Crippen molar-refractivity contribution in [1.29, 1.82) is 0 Å². The summed E-state index contributed by atoms with van der Waals surface area (Å²) in [5.74, 6) is -1.27. The van der Waals surface area contributed by atoms with Crippen molar-refractivity contribution in [1.82, 2.24) is 5.32 Å². The maximum Gasteiger partial charge on any atom is 0.475 e. The van der Waals surface area contributed by atoms with Gasteiger partial charge in [0.1, 0.15) is 0 Å². The molecule has 1 aromatic carbocycles. The Labute approximate surface area is 139 Å². The van der Waals surface area contributed by atoms with Crippen LogP contribution in [0.3, 0.4) is 0 Å². The Morgan fingerprint density at radius 3 is 2.48 bits per heavy atom. The first-order valence-electron chi connectivity index (χ1n) is 7.31. The lowest BCUT2D eigenvalue weighted by molar-refractivity contribution is -0.121. The number of hydrogen-bond donors (Lipinski definition) is 3. The van der Waals surface area contributed by atoms with E-state index in [2.05, 4.69) is 5.32 Å². The lowest BCUT2D eigenvalue weighted by Gasteiger charge is -2.17. The molecule has 7 heteroatoms. The minimum Gasteiger partial charge on any atom is -0.426 e. The number of hydrogen-bond acceptors (Lipinski definition) is 5. The number of ketones is 1. The van der Waals surface area contributed by atoms with Crippen molar-refractivity contribution in [3.05, 3.63) is 58.3 Å². The summed E-state index contributed by atoms with van der Waals surface area (Å²) in [6, 6.07) is 10.6. The highest BCUT2D eigenvalue weighted by Gasteiger charge is 2.25. The predicted octanol–water partition coefficient (Wildman–Crippen LogP) is 1.45. The molecule has 1 heterocycles. The number of thiophene rings is 1. The molecule has 1 aromatic heterocycles. The number of amides is 1. The van der Waals surface area contributed by atoms with Crippen LogP contribution in [-0.2, 0) is 11.2 Å². The lowest BCUT2D eigenvalue weighted by atomic mass is 9.76. The highest BCUT2D eigenvalue weighted by atomic mass is 32.1. The van der Waals surface area contributed by atoms with Gasteiger partial charge in [-0.05, 0) is 28.8 Å². The van der Waals surface area contributed by atoms with E-state index in [0.29, 0.717) is 12.0 Å². The molecule has 2 aromatic rings. The molecule has 0 unspecified atom stereocenters. The van der Waals surface area contributed by atoms with Gasteiger partial charge in [-0.25, -0.2) is 0 Å². The molecule has 0 aliphatic rings. The summed E-state index contributed by atoms with van der Waals surface area (Å²) in [6.07, 6.45) is 0.433. The Kier molecular flexibility index (Phi) is 6.52. The van der Waals surface area contributed by atoms with E-state index in [9.17, 15) is 19.6 Å². The number of nitrogens with one attached hydrogen (secondary N) is 1. The Hall–Kier alpha value is -1.96. The topological polar surface area (TPSA) is 86.6 Å². The number of carbonyl (C=O) groups is 2. The molecule has 23 heavy (non-hydrogen) atoms. The van der Waals surface area contributed by atoms with Gasteiger partial charge in [-0.15, -0.1) is 0 Å². The van der Waals surface area contributed by atoms with E-state index in [4.69, 9.17) is 0 Å². The third-order valence-corrected chi connectivity index (χ3v) is 4.15. The van der Waals surface area contributed by atoms with Crippen LogP contribution in [0.15, 0.2) is 47.2 Å². The van der Waals surface area contributed by atoms with E-state index < -0.39 is 13.1 Å². The molecule has 0 fully saturated rings. The Morgan fingerprint density at radius 2 is 1.87 bits per heavy atom. The van der Waals surface area contributed by atoms with Crippen LogP contribution in [0, 0.1) is 0 Å². The average molecular weight is 331 g/mol. The van der Waals surface area contributed by atoms with Crippen molar-refractivity contribution in [2.24, 2.45) is 0 Å². The van der Waals surface area contributed by atoms with Gasteiger partial charge in [-0.1, -0.05) is 30.3 Å². The lowest BCUT2D eigenvalue weighted by Crippen LogP contribution is -2.47. The van der Waals surface area contributed by atoms with Gasteiger partial charge >= 0.3 is 7.12 Å². The van der Waals surface area contributed by atoms with E-state index in [-0.39, 0.29) is 24.5 Å². The highest BCUT2D eigenvalue weighted by Crippen LogP contribution is 2.10. The normalized spacial score (nSPS) is 11.7. The summed E-state index contributed by atoms with van der Waals surface area (Å²) in [7, 11) is -1.65. The third-order valence-electron chi connectivity index (χ3n) is 3.42. The molecule has 5 nitrogen and oxygen atoms in total. The van der Waals surface area contributed by atoms with Crippen molar-refractivity contribution >= 4 is 30.1 Å². The van der Waals surface area contributed by atoms with Gasteiger partial charge in [0.15, 0.2) is 5.78 Å². The van der Waals surface area contributed by atoms with Crippen LogP contribution < -0.4 is 5.32 Å². The monoisotopic (exact) mass is 331 g/mol. The van der Waals surface area contributed by atoms with Crippen LogP contribution in [0.4, 0.5) is 0 Å². The van der Waals surface area contributed by atoms with Gasteiger partial charge < -0.3 is 15.4 Å². The second kappa shape index (κ2) is 8.62. The standard InChI is InChI=1S/C16H18BNO4S/c19-14(13-4-2-1-3-5-13)6-7-16(20)18-15(17(21)22)10-12-8-9-23-11-12/h1-5,8-9,11,15,21-22H,6-7,10H2,(H,18,20)/t15-/m0/s1. The molecule has 1 amide bonds. The predicted molar refractivity (Wildman–Crippen MR) is 90.2 cm³/mol. The summed E-state index contributed by atoms with van der Waals surface area (Å²) in [6.45, 7) is 0. The summed E-state index contributed by atoms with van der Waals surface area (Å²) < 4.78 is 0. The van der Waals surface area contributed by atoms with Crippen LogP contribution in [0.25, 0.3) is 0 Å². The minimum absolute atomic E-state index is 0.0145. The fraction of sp³-hybridized carbons (Fsp3) is 0.250. The van der Waals surface area contributed by atoms with Crippen LogP contribution >= 0.6 is 11.3 Å². The molecule has 1 atom stereocenters. The molecule has 3 N–H and O–H groups in total. The Bertz CT molecular complexity index is 631. The van der Waals surface area contributed by atoms with Crippen molar-refractivity contribution in [2.45, 2.75) is 25.2 Å². The zero-order valence-electron chi connectivity index (χ0n) is 12.5. The van der Waals surface area contributed by atoms with E-state index in [1.165, 1.54) is 11.3 Å². The summed E-state index contributed by atoms with van der Waals surface area (Å²) in [4.78, 5) is 23.9. The van der Waals surface area contributed by atoms with Crippen LogP contribution in [-0.4, -0.2) is 34.8 Å². The summed E-state index contributed by atoms with van der Waals surface area (Å²) in [5.41, 5.74) is 1.49. The molecule has 120 valence electrons. The van der Waals surface area contributed by atoms with Crippen molar-refractivity contribution in [3.8, 4) is 0 Å². The number of carbonyl (C=O) groups excluding carboxylic acids is 2. The molecule has 0 spiro atoms. The molecule has 0 saturated heterocycles. The van der Waals surface area contributed by atoms with Gasteiger partial charge in [0.05, 0.1) is 5.94 Å². The maximum absolute atomic E-state index is 11.9. The quantitative estimate of drug-likeness (QED) is 0.505. The van der Waals surface area contributed by atoms with E-state index in [0.717, 1.165) is 5.56 Å². The Morgan fingerprint density at radius 1 is 1.13 bits per heavy atom. The van der Waals surface area contributed by atoms with Crippen LogP contribution in [0.2, 0.25) is 0 Å². The molecule has 2 rings (SSSR count). The fourth-order valence-corrected chi connectivity index (χ4v) is 2.85. The summed E-state index contributed by atoms with van der Waals surface area (Å²) >= 11 is 1.50. The first-order valence-corrected chi connectivity index (χ1v) is 8.25. The van der Waals surface area contributed by atoms with Crippen LogP contribution in [0.1, 0.15) is 28.8 Å². The first-order chi connectivity index (χ1) is 11.1. The van der Waals surface area contributed by atoms with Gasteiger partial charge in [0.25, 0.3) is 0 Å². The third kappa shape index (κ3) is 5.63. The van der Waals surface area contributed by atoms with Gasteiger partial charge in [0.2, 0.25) is 5.91 Å². The second-order valence-electron chi connectivity index (χ2n) is 5.21. The number of rotatable bonds is 8. The van der Waals surface area contributed by atoms with Crippen molar-refractivity contribution < 1.29 is 19.6 Å². The smallest absolute Gasteiger partial charge is 0.426 e. The van der Waals surface area contributed by atoms with E-state index in [1.807, 2.05) is 22.9 Å². The summed E-state index contributed by atoms with van der Waals surface area (Å²) in [5, 5.41) is 25.1. The zero-order valence-corrected chi connectivity index (χ0v) is 13.3. The van der Waals surface area contributed by atoms with Gasteiger partial charge in [-0.3, -0.25) is 9.59 Å². The molecular weight excluding hydrogens is 313 g/mol. The van der Waals surface area contributed by atoms with Crippen molar-refractivity contribution in [2.75, 3.05) is 0 Å². The number of Topliss-reactive ketones (excluding diaryl/α,β-unsaturated/α-hetero) is 1. The first kappa shape index (κ1) is 17.4. The van der Waals surface area contributed by atoms with E-state index in [1.54, 1.807) is 24.3 Å². The molecular formula is C16H18BNO4S. The SMILES string of the molecule is O=C(CCC(=O)c1ccccc1)N[C@@H](Cc1ccsc1)B(O)O. The average Bonchev–Trinajstić information content (AvgIpc) is 3.06. The molecule has 0 radical (unpaired) electrons. The van der Waals surface area contributed by atoms with Crippen LogP contribution in [0.5, 0.6) is 0 Å². The molecule has 0 aliphatic heterocycles. The van der Waals surface area contributed by atoms with Gasteiger partial charge in [0, 0.05) is 18.4 Å². The Balaban J connectivity index is 1.83. The second-order valence-corrected chi connectivity index (χ2v) is 5.99.